The number of hydrogen-bond acceptors (Lipinski definition) is 3. The van der Waals surface area contributed by atoms with Crippen LogP contribution in [0, 0.1) is 0 Å². The van der Waals surface area contributed by atoms with Gasteiger partial charge in [-0.2, -0.15) is 0 Å². The number of oxime groups is 1. The van der Waals surface area contributed by atoms with Crippen molar-refractivity contribution in [1.29, 1.82) is 0 Å². The van der Waals surface area contributed by atoms with E-state index in [1.165, 1.54) is 5.56 Å². The van der Waals surface area contributed by atoms with E-state index in [4.69, 9.17) is 9.94 Å². The molecule has 68 valence electrons. The molecule has 0 atom stereocenters. The van der Waals surface area contributed by atoms with E-state index >= 15 is 0 Å². The summed E-state index contributed by atoms with van der Waals surface area (Å²) in [6.45, 7) is 0. The van der Waals surface area contributed by atoms with Crippen LogP contribution in [-0.2, 0) is 6.42 Å². The molecule has 2 rings (SSSR count). The van der Waals surface area contributed by atoms with Crippen molar-refractivity contribution >= 4 is 5.71 Å². The average molecular weight is 177 g/mol. The molecule has 13 heavy (non-hydrogen) atoms. The van der Waals surface area contributed by atoms with Gasteiger partial charge in [0, 0.05) is 5.56 Å². The molecule has 1 aromatic carbocycles. The third kappa shape index (κ3) is 1.16. The molecule has 3 nitrogen and oxygen atoms in total. The lowest BCUT2D eigenvalue weighted by Gasteiger charge is -2.05. The summed E-state index contributed by atoms with van der Waals surface area (Å²) >= 11 is 0. The summed E-state index contributed by atoms with van der Waals surface area (Å²) < 4.78 is 5.20. The van der Waals surface area contributed by atoms with Crippen LogP contribution in [0.3, 0.4) is 0 Å². The fourth-order valence-electron chi connectivity index (χ4n) is 1.76. The average Bonchev–Trinajstić information content (AvgIpc) is 2.60. The summed E-state index contributed by atoms with van der Waals surface area (Å²) in [6, 6.07) is 5.88. The molecule has 0 aliphatic heterocycles. The van der Waals surface area contributed by atoms with Crippen molar-refractivity contribution in [3.63, 3.8) is 0 Å². The Hall–Kier alpha value is -1.51. The van der Waals surface area contributed by atoms with Gasteiger partial charge >= 0.3 is 0 Å². The number of aryl methyl sites for hydroxylation is 1. The van der Waals surface area contributed by atoms with Crippen LogP contribution in [0.25, 0.3) is 0 Å². The maximum Gasteiger partial charge on any atom is 0.128 e. The van der Waals surface area contributed by atoms with Crippen molar-refractivity contribution in [1.82, 2.24) is 0 Å². The second kappa shape index (κ2) is 3.09. The van der Waals surface area contributed by atoms with Gasteiger partial charge in [0.2, 0.25) is 0 Å². The molecule has 0 heterocycles. The number of benzene rings is 1. The maximum atomic E-state index is 8.77. The van der Waals surface area contributed by atoms with E-state index < -0.39 is 0 Å². The summed E-state index contributed by atoms with van der Waals surface area (Å²) in [5.74, 6) is 0.794. The van der Waals surface area contributed by atoms with Crippen LogP contribution in [0.15, 0.2) is 23.4 Å². The second-order valence-corrected chi connectivity index (χ2v) is 3.04. The fraction of sp³-hybridized carbons (Fsp3) is 0.300. The predicted octanol–water partition coefficient (Wildman–Crippen LogP) is 1.82. The number of methoxy groups -OCH3 is 1. The Bertz CT molecular complexity index is 358. The van der Waals surface area contributed by atoms with Crippen molar-refractivity contribution in [2.75, 3.05) is 7.11 Å². The predicted molar refractivity (Wildman–Crippen MR) is 49.6 cm³/mol. The summed E-state index contributed by atoms with van der Waals surface area (Å²) in [6.07, 6.45) is 1.73. The lowest BCUT2D eigenvalue weighted by atomic mass is 10.1. The van der Waals surface area contributed by atoms with Crippen LogP contribution >= 0.6 is 0 Å². The third-order valence-electron chi connectivity index (χ3n) is 2.37. The first-order valence-corrected chi connectivity index (χ1v) is 4.24. The fourth-order valence-corrected chi connectivity index (χ4v) is 1.76. The van der Waals surface area contributed by atoms with E-state index in [-0.39, 0.29) is 0 Å². The van der Waals surface area contributed by atoms with Gasteiger partial charge in [0.1, 0.15) is 5.75 Å². The first-order chi connectivity index (χ1) is 6.36. The molecule has 0 aromatic heterocycles. The molecule has 0 saturated heterocycles. The van der Waals surface area contributed by atoms with Gasteiger partial charge in [0.05, 0.1) is 12.8 Å². The number of hydrogen-bond donors (Lipinski definition) is 1. The molecule has 1 N–H and O–H groups in total. The Kier molecular flexibility index (Phi) is 1.93. The molecular formula is C10H11NO2. The normalized spacial score (nSPS) is 17.5. The Morgan fingerprint density at radius 2 is 2.23 bits per heavy atom. The van der Waals surface area contributed by atoms with E-state index in [0.29, 0.717) is 0 Å². The number of ether oxygens (including phenoxy) is 1. The zero-order valence-electron chi connectivity index (χ0n) is 7.45. The molecular weight excluding hydrogens is 166 g/mol. The van der Waals surface area contributed by atoms with Crippen LogP contribution in [0.5, 0.6) is 5.75 Å². The van der Waals surface area contributed by atoms with Crippen LogP contribution < -0.4 is 4.74 Å². The van der Waals surface area contributed by atoms with Gasteiger partial charge in [0.15, 0.2) is 0 Å². The zero-order chi connectivity index (χ0) is 9.26. The quantitative estimate of drug-likeness (QED) is 0.525. The van der Waals surface area contributed by atoms with Crippen LogP contribution in [0.1, 0.15) is 17.5 Å². The molecule has 0 fully saturated rings. The zero-order valence-corrected chi connectivity index (χ0v) is 7.45. The number of nitrogens with zero attached hydrogens (tertiary/aromatic N) is 1. The Morgan fingerprint density at radius 1 is 1.38 bits per heavy atom. The molecule has 0 radical (unpaired) electrons. The Labute approximate surface area is 76.6 Å². The number of rotatable bonds is 1. The Morgan fingerprint density at radius 3 is 2.92 bits per heavy atom. The van der Waals surface area contributed by atoms with E-state index in [9.17, 15) is 0 Å². The van der Waals surface area contributed by atoms with E-state index in [1.54, 1.807) is 7.11 Å². The van der Waals surface area contributed by atoms with E-state index in [1.807, 2.05) is 18.2 Å². The molecule has 0 bridgehead atoms. The van der Waals surface area contributed by atoms with Gasteiger partial charge < -0.3 is 9.94 Å². The Balaban J connectivity index is 2.59. The molecule has 0 unspecified atom stereocenters. The van der Waals surface area contributed by atoms with Crippen molar-refractivity contribution in [2.45, 2.75) is 12.8 Å². The summed E-state index contributed by atoms with van der Waals surface area (Å²) in [4.78, 5) is 0. The molecule has 1 aromatic rings. The minimum Gasteiger partial charge on any atom is -0.496 e. The van der Waals surface area contributed by atoms with E-state index in [0.717, 1.165) is 29.9 Å². The van der Waals surface area contributed by atoms with Crippen LogP contribution in [-0.4, -0.2) is 18.0 Å². The molecule has 0 spiro atoms. The summed E-state index contributed by atoms with van der Waals surface area (Å²) in [5, 5.41) is 12.0. The standard InChI is InChI=1S/C10H11NO2/c1-13-9-4-2-3-7-5-6-8(11-12)10(7)9/h2-4,12H,5-6H2,1H3/b11-8+. The van der Waals surface area contributed by atoms with Gasteiger partial charge in [0.25, 0.3) is 0 Å². The van der Waals surface area contributed by atoms with Crippen molar-refractivity contribution in [3.05, 3.63) is 29.3 Å². The number of fused-ring (bicyclic) bond motifs is 1. The highest BCUT2D eigenvalue weighted by molar-refractivity contribution is 6.06. The van der Waals surface area contributed by atoms with Crippen molar-refractivity contribution in [2.24, 2.45) is 5.16 Å². The molecule has 3 heteroatoms. The van der Waals surface area contributed by atoms with Gasteiger partial charge in [-0.3, -0.25) is 0 Å². The minimum atomic E-state index is 0.729. The SMILES string of the molecule is COc1cccc2c1/C(=N/O)CC2. The maximum absolute atomic E-state index is 8.77. The molecule has 1 aliphatic rings. The summed E-state index contributed by atoms with van der Waals surface area (Å²) in [5.41, 5.74) is 2.90. The highest BCUT2D eigenvalue weighted by Gasteiger charge is 2.21. The first kappa shape index (κ1) is 8.10. The van der Waals surface area contributed by atoms with Crippen molar-refractivity contribution < 1.29 is 9.94 Å². The van der Waals surface area contributed by atoms with Gasteiger partial charge in [-0.05, 0) is 24.5 Å². The highest BCUT2D eigenvalue weighted by atomic mass is 16.5. The van der Waals surface area contributed by atoms with Gasteiger partial charge in [-0.1, -0.05) is 17.3 Å². The third-order valence-corrected chi connectivity index (χ3v) is 2.37. The highest BCUT2D eigenvalue weighted by Crippen LogP contribution is 2.30. The second-order valence-electron chi connectivity index (χ2n) is 3.04. The van der Waals surface area contributed by atoms with Crippen molar-refractivity contribution in [3.8, 4) is 5.75 Å². The lowest BCUT2D eigenvalue weighted by Crippen LogP contribution is -1.98. The van der Waals surface area contributed by atoms with Gasteiger partial charge in [-0.15, -0.1) is 0 Å². The first-order valence-electron chi connectivity index (χ1n) is 4.24. The minimum absolute atomic E-state index is 0.729. The monoisotopic (exact) mass is 177 g/mol. The largest absolute Gasteiger partial charge is 0.496 e. The topological polar surface area (TPSA) is 41.8 Å². The van der Waals surface area contributed by atoms with Crippen LogP contribution in [0.4, 0.5) is 0 Å². The molecule has 0 amide bonds. The smallest absolute Gasteiger partial charge is 0.128 e. The summed E-state index contributed by atoms with van der Waals surface area (Å²) in [7, 11) is 1.63. The van der Waals surface area contributed by atoms with Gasteiger partial charge in [-0.25, -0.2) is 0 Å². The molecule has 0 saturated carbocycles. The van der Waals surface area contributed by atoms with E-state index in [2.05, 4.69) is 5.16 Å². The van der Waals surface area contributed by atoms with Crippen LogP contribution in [0.2, 0.25) is 0 Å². The molecule has 1 aliphatic carbocycles. The lowest BCUT2D eigenvalue weighted by molar-refractivity contribution is 0.318.